The van der Waals surface area contributed by atoms with E-state index in [0.29, 0.717) is 47.2 Å². The molecule has 0 bridgehead atoms. The summed E-state index contributed by atoms with van der Waals surface area (Å²) in [7, 11) is 1.49. The summed E-state index contributed by atoms with van der Waals surface area (Å²) >= 11 is 1.28. The number of carbonyl (C=O) groups excluding carboxylic acids is 1. The summed E-state index contributed by atoms with van der Waals surface area (Å²) in [5, 5.41) is 12.1. The molecule has 1 amide bonds. The first-order valence-electron chi connectivity index (χ1n) is 9.38. The largest absolute Gasteiger partial charge is 0.493 e. The van der Waals surface area contributed by atoms with Crippen LogP contribution < -0.4 is 14.8 Å². The lowest BCUT2D eigenvalue weighted by atomic mass is 10.1. The SMILES string of the molecule is COc1cc(C#N)ccc1OCCCC(=O)Nc1ncc(Cc2ccc(F)c(F)c2)s1. The van der Waals surface area contributed by atoms with Crippen molar-refractivity contribution < 1.29 is 23.0 Å². The van der Waals surface area contributed by atoms with Gasteiger partial charge >= 0.3 is 0 Å². The highest BCUT2D eigenvalue weighted by Crippen LogP contribution is 2.28. The number of hydrogen-bond donors (Lipinski definition) is 1. The molecular weight excluding hydrogens is 424 g/mol. The van der Waals surface area contributed by atoms with Crippen LogP contribution in [0, 0.1) is 23.0 Å². The van der Waals surface area contributed by atoms with Gasteiger partial charge in [-0.25, -0.2) is 13.8 Å². The Morgan fingerprint density at radius 3 is 2.77 bits per heavy atom. The number of hydrogen-bond acceptors (Lipinski definition) is 6. The summed E-state index contributed by atoms with van der Waals surface area (Å²) < 4.78 is 37.2. The summed E-state index contributed by atoms with van der Waals surface area (Å²) in [6, 6.07) is 10.6. The Bertz CT molecular complexity index is 1110. The van der Waals surface area contributed by atoms with E-state index >= 15 is 0 Å². The molecule has 0 spiro atoms. The first-order chi connectivity index (χ1) is 15.0. The van der Waals surface area contributed by atoms with Gasteiger partial charge in [0.2, 0.25) is 5.91 Å². The van der Waals surface area contributed by atoms with Gasteiger partial charge in [-0.05, 0) is 36.2 Å². The summed E-state index contributed by atoms with van der Waals surface area (Å²) in [6.45, 7) is 0.301. The molecule has 9 heteroatoms. The third kappa shape index (κ3) is 6.23. The molecule has 3 aromatic rings. The molecule has 0 radical (unpaired) electrons. The third-order valence-corrected chi connectivity index (χ3v) is 5.17. The van der Waals surface area contributed by atoms with E-state index in [4.69, 9.17) is 14.7 Å². The second kappa shape index (κ2) is 10.5. The zero-order valence-corrected chi connectivity index (χ0v) is 17.5. The number of nitrogens with zero attached hydrogens (tertiary/aromatic N) is 2. The van der Waals surface area contributed by atoms with Crippen LogP contribution in [0.1, 0.15) is 28.8 Å². The molecule has 1 heterocycles. The smallest absolute Gasteiger partial charge is 0.226 e. The topological polar surface area (TPSA) is 84.2 Å². The van der Waals surface area contributed by atoms with Crippen molar-refractivity contribution in [3.63, 3.8) is 0 Å². The lowest BCUT2D eigenvalue weighted by Gasteiger charge is -2.10. The van der Waals surface area contributed by atoms with Crippen molar-refractivity contribution in [2.45, 2.75) is 19.3 Å². The van der Waals surface area contributed by atoms with Gasteiger partial charge in [0.15, 0.2) is 28.3 Å². The van der Waals surface area contributed by atoms with Crippen molar-refractivity contribution in [2.75, 3.05) is 19.0 Å². The Kier molecular flexibility index (Phi) is 7.51. The fourth-order valence-electron chi connectivity index (χ4n) is 2.75. The number of nitriles is 1. The van der Waals surface area contributed by atoms with E-state index in [1.165, 1.54) is 24.5 Å². The van der Waals surface area contributed by atoms with Gasteiger partial charge in [0.1, 0.15) is 0 Å². The van der Waals surface area contributed by atoms with Gasteiger partial charge < -0.3 is 14.8 Å². The quantitative estimate of drug-likeness (QED) is 0.485. The third-order valence-electron chi connectivity index (χ3n) is 4.26. The maximum Gasteiger partial charge on any atom is 0.226 e. The van der Waals surface area contributed by atoms with Crippen molar-refractivity contribution in [3.8, 4) is 17.6 Å². The molecule has 1 N–H and O–H groups in total. The second-order valence-electron chi connectivity index (χ2n) is 6.53. The number of amides is 1. The number of halogens is 2. The molecule has 0 saturated carbocycles. The molecule has 160 valence electrons. The maximum absolute atomic E-state index is 13.3. The minimum atomic E-state index is -0.892. The second-order valence-corrected chi connectivity index (χ2v) is 7.65. The van der Waals surface area contributed by atoms with Crippen LogP contribution >= 0.6 is 11.3 Å². The summed E-state index contributed by atoms with van der Waals surface area (Å²) in [4.78, 5) is 17.1. The van der Waals surface area contributed by atoms with Crippen LogP contribution in [0.15, 0.2) is 42.6 Å². The number of carbonyl (C=O) groups is 1. The van der Waals surface area contributed by atoms with Crippen LogP contribution in [-0.4, -0.2) is 24.6 Å². The fraction of sp³-hybridized carbons (Fsp3) is 0.227. The standard InChI is InChI=1S/C22H19F2N3O3S/c1-29-20-11-15(12-25)5-7-19(20)30-8-2-3-21(28)27-22-26-13-16(31-22)9-14-4-6-17(23)18(24)10-14/h4-7,10-11,13H,2-3,8-9H2,1H3,(H,26,27,28). The highest BCUT2D eigenvalue weighted by atomic mass is 32.1. The lowest BCUT2D eigenvalue weighted by Crippen LogP contribution is -2.12. The number of anilines is 1. The molecule has 1 aromatic heterocycles. The van der Waals surface area contributed by atoms with Gasteiger partial charge in [-0.1, -0.05) is 6.07 Å². The number of nitrogens with one attached hydrogen (secondary N) is 1. The molecule has 2 aromatic carbocycles. The highest BCUT2D eigenvalue weighted by Gasteiger charge is 2.10. The molecule has 6 nitrogen and oxygen atoms in total. The van der Waals surface area contributed by atoms with E-state index in [1.54, 1.807) is 24.4 Å². The van der Waals surface area contributed by atoms with E-state index in [2.05, 4.69) is 10.3 Å². The van der Waals surface area contributed by atoms with Gasteiger partial charge in [-0.2, -0.15) is 5.26 Å². The van der Waals surface area contributed by atoms with Crippen molar-refractivity contribution in [1.29, 1.82) is 5.26 Å². The minimum absolute atomic E-state index is 0.205. The number of rotatable bonds is 9. The Morgan fingerprint density at radius 1 is 1.19 bits per heavy atom. The first kappa shape index (κ1) is 22.2. The van der Waals surface area contributed by atoms with Gasteiger partial charge in [0.05, 0.1) is 25.3 Å². The summed E-state index contributed by atoms with van der Waals surface area (Å²) in [5.74, 6) is -1.02. The fourth-order valence-corrected chi connectivity index (χ4v) is 3.61. The predicted molar refractivity (Wildman–Crippen MR) is 112 cm³/mol. The Labute approximate surface area is 182 Å². The summed E-state index contributed by atoms with van der Waals surface area (Å²) in [6.07, 6.45) is 2.70. The predicted octanol–water partition coefficient (Wildman–Crippen LogP) is 4.69. The molecule has 0 atom stereocenters. The normalized spacial score (nSPS) is 10.4. The van der Waals surface area contributed by atoms with Gasteiger partial charge in [0, 0.05) is 30.0 Å². The van der Waals surface area contributed by atoms with Gasteiger partial charge in [-0.15, -0.1) is 11.3 Å². The maximum atomic E-state index is 13.3. The molecule has 0 aliphatic rings. The Balaban J connectivity index is 1.44. The number of aromatic nitrogens is 1. The van der Waals surface area contributed by atoms with E-state index in [0.717, 1.165) is 17.0 Å². The molecule has 0 fully saturated rings. The van der Waals surface area contributed by atoms with E-state index < -0.39 is 11.6 Å². The van der Waals surface area contributed by atoms with Crippen LogP contribution in [0.4, 0.5) is 13.9 Å². The van der Waals surface area contributed by atoms with Crippen LogP contribution in [-0.2, 0) is 11.2 Å². The average molecular weight is 443 g/mol. The number of thiazole rings is 1. The van der Waals surface area contributed by atoms with Crippen LogP contribution in [0.3, 0.4) is 0 Å². The van der Waals surface area contributed by atoms with E-state index in [9.17, 15) is 13.6 Å². The number of ether oxygens (including phenoxy) is 2. The molecular formula is C22H19F2N3O3S. The van der Waals surface area contributed by atoms with Crippen molar-refractivity contribution in [2.24, 2.45) is 0 Å². The lowest BCUT2D eigenvalue weighted by molar-refractivity contribution is -0.116. The van der Waals surface area contributed by atoms with Crippen molar-refractivity contribution >= 4 is 22.4 Å². The Hall–Kier alpha value is -3.51. The zero-order valence-electron chi connectivity index (χ0n) is 16.7. The van der Waals surface area contributed by atoms with Crippen molar-refractivity contribution in [1.82, 2.24) is 4.98 Å². The molecule has 31 heavy (non-hydrogen) atoms. The van der Waals surface area contributed by atoms with E-state index in [1.807, 2.05) is 6.07 Å². The molecule has 0 saturated heterocycles. The number of benzene rings is 2. The zero-order chi connectivity index (χ0) is 22.2. The first-order valence-corrected chi connectivity index (χ1v) is 10.2. The monoisotopic (exact) mass is 443 g/mol. The number of methoxy groups -OCH3 is 1. The average Bonchev–Trinajstić information content (AvgIpc) is 3.20. The van der Waals surface area contributed by atoms with Gasteiger partial charge in [-0.3, -0.25) is 4.79 Å². The van der Waals surface area contributed by atoms with E-state index in [-0.39, 0.29) is 12.3 Å². The molecule has 0 unspecified atom stereocenters. The molecule has 0 aliphatic heterocycles. The van der Waals surface area contributed by atoms with Crippen LogP contribution in [0.25, 0.3) is 0 Å². The van der Waals surface area contributed by atoms with Crippen LogP contribution in [0.2, 0.25) is 0 Å². The Morgan fingerprint density at radius 2 is 2.03 bits per heavy atom. The van der Waals surface area contributed by atoms with Gasteiger partial charge in [0.25, 0.3) is 0 Å². The summed E-state index contributed by atoms with van der Waals surface area (Å²) in [5.41, 5.74) is 1.09. The highest BCUT2D eigenvalue weighted by molar-refractivity contribution is 7.15. The minimum Gasteiger partial charge on any atom is -0.493 e. The van der Waals surface area contributed by atoms with Crippen LogP contribution in [0.5, 0.6) is 11.5 Å². The van der Waals surface area contributed by atoms with Crippen molar-refractivity contribution in [3.05, 3.63) is 70.2 Å². The molecule has 0 aliphatic carbocycles. The molecule has 3 rings (SSSR count).